The number of aromatic nitrogens is 3. The number of nitrogens with zero attached hydrogens (tertiary/aromatic N) is 4. The number of amides is 2. The van der Waals surface area contributed by atoms with E-state index in [1.165, 1.54) is 12.4 Å². The maximum Gasteiger partial charge on any atom is 0.253 e. The van der Waals surface area contributed by atoms with Gasteiger partial charge in [0.25, 0.3) is 5.91 Å². The molecule has 1 atom stereocenters. The Morgan fingerprint density at radius 3 is 2.76 bits per heavy atom. The lowest BCUT2D eigenvalue weighted by Gasteiger charge is -2.33. The molecule has 1 aromatic carbocycles. The standard InChI is InChI=1S/C23H24N6O2S2/c1-2-20(30)27-18-7-5-17(6-8-18)22(31)29-9-3-4-19(13-29)28-23-26-12-21(33-23)32-14-16-10-24-15-25-11-16/h2,5-8,10-12,15,19H,1,3-4,9,13-14H2,(H,26,28)(H,27,30)/t19-/m1/s1. The summed E-state index contributed by atoms with van der Waals surface area (Å²) in [4.78, 5) is 38.8. The number of hydrogen-bond acceptors (Lipinski definition) is 8. The number of nitrogens with one attached hydrogen (secondary N) is 2. The summed E-state index contributed by atoms with van der Waals surface area (Å²) in [6.45, 7) is 4.78. The van der Waals surface area contributed by atoms with Crippen LogP contribution in [0.2, 0.25) is 0 Å². The molecular formula is C23H24N6O2S2. The van der Waals surface area contributed by atoms with Gasteiger partial charge in [-0.25, -0.2) is 15.0 Å². The summed E-state index contributed by atoms with van der Waals surface area (Å²) in [5.74, 6) is 0.505. The summed E-state index contributed by atoms with van der Waals surface area (Å²) in [6, 6.07) is 7.08. The smallest absolute Gasteiger partial charge is 0.253 e. The summed E-state index contributed by atoms with van der Waals surface area (Å²) < 4.78 is 1.12. The highest BCUT2D eigenvalue weighted by molar-refractivity contribution is 8.00. The van der Waals surface area contributed by atoms with Crippen LogP contribution < -0.4 is 10.6 Å². The van der Waals surface area contributed by atoms with Gasteiger partial charge in [-0.3, -0.25) is 9.59 Å². The molecule has 2 aromatic heterocycles. The monoisotopic (exact) mass is 480 g/mol. The summed E-state index contributed by atoms with van der Waals surface area (Å²) in [5.41, 5.74) is 2.31. The van der Waals surface area contributed by atoms with Crippen molar-refractivity contribution in [2.45, 2.75) is 28.8 Å². The van der Waals surface area contributed by atoms with E-state index in [0.717, 1.165) is 40.0 Å². The Bertz CT molecular complexity index is 1100. The molecule has 10 heteroatoms. The molecule has 1 aliphatic rings. The molecule has 0 saturated carbocycles. The molecule has 170 valence electrons. The van der Waals surface area contributed by atoms with Crippen LogP contribution in [0.1, 0.15) is 28.8 Å². The zero-order chi connectivity index (χ0) is 23.0. The summed E-state index contributed by atoms with van der Waals surface area (Å²) in [6.07, 6.45) is 10.2. The van der Waals surface area contributed by atoms with Crippen LogP contribution in [-0.4, -0.2) is 50.8 Å². The molecule has 0 unspecified atom stereocenters. The van der Waals surface area contributed by atoms with Gasteiger partial charge in [-0.1, -0.05) is 17.9 Å². The largest absolute Gasteiger partial charge is 0.357 e. The molecule has 3 heterocycles. The van der Waals surface area contributed by atoms with Crippen molar-refractivity contribution in [3.05, 3.63) is 73.0 Å². The highest BCUT2D eigenvalue weighted by Gasteiger charge is 2.25. The molecule has 1 fully saturated rings. The van der Waals surface area contributed by atoms with Gasteiger partial charge in [0.2, 0.25) is 5.91 Å². The Balaban J connectivity index is 1.30. The van der Waals surface area contributed by atoms with Gasteiger partial charge in [0.05, 0.1) is 10.4 Å². The molecule has 0 aliphatic carbocycles. The molecule has 0 radical (unpaired) electrons. The van der Waals surface area contributed by atoms with Gasteiger partial charge in [-0.2, -0.15) is 0 Å². The van der Waals surface area contributed by atoms with Gasteiger partial charge in [0, 0.05) is 48.5 Å². The first-order chi connectivity index (χ1) is 16.1. The molecule has 33 heavy (non-hydrogen) atoms. The highest BCUT2D eigenvalue weighted by Crippen LogP contribution is 2.31. The van der Waals surface area contributed by atoms with Crippen molar-refractivity contribution in [2.75, 3.05) is 23.7 Å². The Kier molecular flexibility index (Phi) is 7.69. The van der Waals surface area contributed by atoms with Gasteiger partial charge in [-0.15, -0.1) is 11.8 Å². The van der Waals surface area contributed by atoms with Gasteiger partial charge in [-0.05, 0) is 48.7 Å². The minimum atomic E-state index is -0.281. The lowest BCUT2D eigenvalue weighted by Crippen LogP contribution is -2.45. The number of thiazole rings is 1. The average molecular weight is 481 g/mol. The molecule has 0 spiro atoms. The Morgan fingerprint density at radius 1 is 1.21 bits per heavy atom. The van der Waals surface area contributed by atoms with Crippen LogP contribution in [0, 0.1) is 0 Å². The molecule has 2 N–H and O–H groups in total. The summed E-state index contributed by atoms with van der Waals surface area (Å²) in [7, 11) is 0. The number of carbonyl (C=O) groups is 2. The minimum Gasteiger partial charge on any atom is -0.357 e. The number of carbonyl (C=O) groups excluding carboxylic acids is 2. The zero-order valence-corrected chi connectivity index (χ0v) is 19.6. The van der Waals surface area contributed by atoms with Crippen LogP contribution in [0.3, 0.4) is 0 Å². The SMILES string of the molecule is C=CC(=O)Nc1ccc(C(=O)N2CCC[C@@H](Nc3ncc(SCc4cncnc4)s3)C2)cc1. The Morgan fingerprint density at radius 2 is 2.00 bits per heavy atom. The van der Waals surface area contributed by atoms with Crippen molar-refractivity contribution in [1.29, 1.82) is 0 Å². The van der Waals surface area contributed by atoms with E-state index in [1.54, 1.807) is 47.4 Å². The van der Waals surface area contributed by atoms with E-state index in [4.69, 9.17) is 0 Å². The third kappa shape index (κ3) is 6.39. The van der Waals surface area contributed by atoms with Crippen LogP contribution in [0.15, 0.2) is 66.0 Å². The Hall–Kier alpha value is -3.24. The average Bonchev–Trinajstić information content (AvgIpc) is 3.30. The second-order valence-electron chi connectivity index (χ2n) is 7.53. The van der Waals surface area contributed by atoms with Crippen molar-refractivity contribution >= 4 is 45.7 Å². The number of likely N-dealkylation sites (tertiary alicyclic amines) is 1. The number of rotatable bonds is 8. The first kappa shape index (κ1) is 22.9. The maximum absolute atomic E-state index is 13.0. The summed E-state index contributed by atoms with van der Waals surface area (Å²) in [5, 5.41) is 7.04. The predicted molar refractivity (Wildman–Crippen MR) is 132 cm³/mol. The number of benzene rings is 1. The first-order valence-electron chi connectivity index (χ1n) is 10.5. The van der Waals surface area contributed by atoms with E-state index in [0.29, 0.717) is 17.8 Å². The number of hydrogen-bond donors (Lipinski definition) is 2. The second kappa shape index (κ2) is 11.1. The van der Waals surface area contributed by atoms with Gasteiger partial charge in [0.1, 0.15) is 6.33 Å². The first-order valence-corrected chi connectivity index (χ1v) is 12.3. The lowest BCUT2D eigenvalue weighted by atomic mass is 10.0. The van der Waals surface area contributed by atoms with Crippen molar-refractivity contribution in [2.24, 2.45) is 0 Å². The third-order valence-electron chi connectivity index (χ3n) is 5.10. The van der Waals surface area contributed by atoms with Crippen LogP contribution in [0.5, 0.6) is 0 Å². The zero-order valence-electron chi connectivity index (χ0n) is 17.9. The second-order valence-corrected chi connectivity index (χ2v) is 9.83. The van der Waals surface area contributed by atoms with E-state index in [-0.39, 0.29) is 17.9 Å². The lowest BCUT2D eigenvalue weighted by molar-refractivity contribution is -0.111. The summed E-state index contributed by atoms with van der Waals surface area (Å²) >= 11 is 3.32. The normalized spacial score (nSPS) is 15.6. The van der Waals surface area contributed by atoms with Crippen LogP contribution >= 0.6 is 23.1 Å². The van der Waals surface area contributed by atoms with E-state index >= 15 is 0 Å². The topological polar surface area (TPSA) is 100 Å². The van der Waals surface area contributed by atoms with Crippen molar-refractivity contribution in [3.63, 3.8) is 0 Å². The number of thioether (sulfide) groups is 1. The Labute approximate surface area is 200 Å². The molecular weight excluding hydrogens is 456 g/mol. The van der Waals surface area contributed by atoms with E-state index in [9.17, 15) is 9.59 Å². The molecule has 1 saturated heterocycles. The molecule has 8 nitrogen and oxygen atoms in total. The van der Waals surface area contributed by atoms with Gasteiger partial charge >= 0.3 is 0 Å². The van der Waals surface area contributed by atoms with Crippen molar-refractivity contribution < 1.29 is 9.59 Å². The van der Waals surface area contributed by atoms with Gasteiger partial charge < -0.3 is 15.5 Å². The number of piperidine rings is 1. The highest BCUT2D eigenvalue weighted by atomic mass is 32.2. The maximum atomic E-state index is 13.0. The molecule has 2 amide bonds. The van der Waals surface area contributed by atoms with E-state index in [2.05, 4.69) is 32.2 Å². The molecule has 3 aromatic rings. The van der Waals surface area contributed by atoms with Crippen LogP contribution in [0.4, 0.5) is 10.8 Å². The molecule has 0 bridgehead atoms. The van der Waals surface area contributed by atoms with E-state index in [1.807, 2.05) is 23.5 Å². The predicted octanol–water partition coefficient (Wildman–Crippen LogP) is 4.07. The molecule has 1 aliphatic heterocycles. The molecule has 4 rings (SSSR count). The fourth-order valence-corrected chi connectivity index (χ4v) is 5.34. The van der Waals surface area contributed by atoms with Crippen LogP contribution in [0.25, 0.3) is 0 Å². The van der Waals surface area contributed by atoms with Gasteiger partial charge in [0.15, 0.2) is 5.13 Å². The fraction of sp³-hybridized carbons (Fsp3) is 0.261. The van der Waals surface area contributed by atoms with Crippen LogP contribution in [-0.2, 0) is 10.5 Å². The van der Waals surface area contributed by atoms with E-state index < -0.39 is 0 Å². The van der Waals surface area contributed by atoms with Crippen molar-refractivity contribution in [3.8, 4) is 0 Å². The fourth-order valence-electron chi connectivity index (χ4n) is 3.48. The van der Waals surface area contributed by atoms with Crippen molar-refractivity contribution in [1.82, 2.24) is 19.9 Å². The third-order valence-corrected chi connectivity index (χ3v) is 7.29. The minimum absolute atomic E-state index is 0.0106. The number of anilines is 2. The quantitative estimate of drug-likeness (QED) is 0.370.